The van der Waals surface area contributed by atoms with E-state index in [1.807, 2.05) is 78.9 Å². The summed E-state index contributed by atoms with van der Waals surface area (Å²) in [6, 6.07) is 25.1. The van der Waals surface area contributed by atoms with Crippen LogP contribution >= 0.6 is 0 Å². The molecule has 3 aromatic carbocycles. The molecule has 0 aliphatic carbocycles. The normalized spacial score (nSPS) is 17.0. The summed E-state index contributed by atoms with van der Waals surface area (Å²) in [6.45, 7) is 3.69. The summed E-state index contributed by atoms with van der Waals surface area (Å²) in [6.07, 6.45) is 1.62. The highest BCUT2D eigenvalue weighted by Crippen LogP contribution is 2.31. The van der Waals surface area contributed by atoms with Gasteiger partial charge < -0.3 is 19.9 Å². The van der Waals surface area contributed by atoms with Crippen LogP contribution in [0.3, 0.4) is 0 Å². The molecule has 0 bridgehead atoms. The van der Waals surface area contributed by atoms with E-state index in [1.165, 1.54) is 12.7 Å². The van der Waals surface area contributed by atoms with Gasteiger partial charge in [-0.25, -0.2) is 4.79 Å². The zero-order valence-electron chi connectivity index (χ0n) is 28.8. The molecule has 13 heteroatoms. The zero-order chi connectivity index (χ0) is 35.5. The maximum Gasteiger partial charge on any atom is 0.328 e. The third-order valence-corrected chi connectivity index (χ3v) is 10.1. The number of piperidine rings is 1. The van der Waals surface area contributed by atoms with Gasteiger partial charge in [0.2, 0.25) is 5.91 Å². The highest BCUT2D eigenvalue weighted by molar-refractivity contribution is 6.05. The predicted octanol–water partition coefficient (Wildman–Crippen LogP) is 4.44. The summed E-state index contributed by atoms with van der Waals surface area (Å²) >= 11 is 0. The minimum Gasteiger partial charge on any atom is -0.371 e. The van der Waals surface area contributed by atoms with Crippen LogP contribution in [0.2, 0.25) is 0 Å². The molecular weight excluding hydrogens is 648 g/mol. The standard InChI is InChI=1S/C38H42N8O5/c1-43(22-25-8-12-30(13-9-25)46-21-18-33(47)39-38(46)50)28-16-19-44(20-17-28)29-14-10-27(11-15-29)36(48)40-35-31-23-45(24-32(31)41-42-35)37(49)34(51-2)26-6-4-3-5-7-26/h3-15,28,34H,16-24H2,1-2H3,(H,39,47,50)(H2,40,41,42,48)/t34-/m1/s1. The van der Waals surface area contributed by atoms with Gasteiger partial charge in [-0.05, 0) is 67.4 Å². The Morgan fingerprint density at radius 1 is 0.941 bits per heavy atom. The maximum absolute atomic E-state index is 13.3. The van der Waals surface area contributed by atoms with Crippen molar-refractivity contribution in [3.63, 3.8) is 0 Å². The van der Waals surface area contributed by atoms with Crippen LogP contribution in [-0.4, -0.2) is 83.6 Å². The van der Waals surface area contributed by atoms with Crippen molar-refractivity contribution in [2.75, 3.05) is 48.9 Å². The Kier molecular flexibility index (Phi) is 9.82. The van der Waals surface area contributed by atoms with Crippen molar-refractivity contribution in [3.05, 3.63) is 107 Å². The number of urea groups is 1. The van der Waals surface area contributed by atoms with Gasteiger partial charge in [-0.2, -0.15) is 5.10 Å². The quantitative estimate of drug-likeness (QED) is 0.222. The van der Waals surface area contributed by atoms with E-state index in [-0.39, 0.29) is 23.8 Å². The number of carbonyl (C=O) groups is 4. The number of anilines is 3. The number of amides is 5. The molecule has 13 nitrogen and oxygen atoms in total. The monoisotopic (exact) mass is 690 g/mol. The molecule has 3 aliphatic rings. The van der Waals surface area contributed by atoms with Gasteiger partial charge in [0.15, 0.2) is 11.9 Å². The van der Waals surface area contributed by atoms with Gasteiger partial charge in [0.05, 0.1) is 18.8 Å². The maximum atomic E-state index is 13.3. The number of rotatable bonds is 10. The van der Waals surface area contributed by atoms with Crippen LogP contribution in [0.4, 0.5) is 22.0 Å². The number of fused-ring (bicyclic) bond motifs is 1. The minimum atomic E-state index is -0.705. The van der Waals surface area contributed by atoms with Gasteiger partial charge in [-0.15, -0.1) is 0 Å². The largest absolute Gasteiger partial charge is 0.371 e. The number of hydrogen-bond acceptors (Lipinski definition) is 8. The molecule has 0 unspecified atom stereocenters. The molecule has 0 spiro atoms. The van der Waals surface area contributed by atoms with E-state index in [0.29, 0.717) is 43.5 Å². The first-order valence-corrected chi connectivity index (χ1v) is 17.3. The second-order valence-corrected chi connectivity index (χ2v) is 13.3. The molecular formula is C38H42N8O5. The molecule has 4 heterocycles. The molecule has 0 radical (unpaired) electrons. The first kappa shape index (κ1) is 33.9. The van der Waals surface area contributed by atoms with E-state index in [4.69, 9.17) is 4.74 Å². The summed E-state index contributed by atoms with van der Waals surface area (Å²) in [5, 5.41) is 12.6. The first-order valence-electron chi connectivity index (χ1n) is 17.3. The van der Waals surface area contributed by atoms with Crippen LogP contribution in [0.5, 0.6) is 0 Å². The molecule has 2 saturated heterocycles. The van der Waals surface area contributed by atoms with Gasteiger partial charge in [0.1, 0.15) is 0 Å². The second-order valence-electron chi connectivity index (χ2n) is 13.3. The summed E-state index contributed by atoms with van der Waals surface area (Å²) in [5.41, 5.74) is 5.94. The van der Waals surface area contributed by atoms with Gasteiger partial charge in [-0.3, -0.25) is 34.6 Å². The number of aromatic amines is 1. The molecule has 1 atom stereocenters. The zero-order valence-corrected chi connectivity index (χ0v) is 28.8. The van der Waals surface area contributed by atoms with Gasteiger partial charge >= 0.3 is 6.03 Å². The van der Waals surface area contributed by atoms with E-state index in [0.717, 1.165) is 60.7 Å². The fourth-order valence-corrected chi connectivity index (χ4v) is 7.15. The van der Waals surface area contributed by atoms with Crippen LogP contribution in [0.1, 0.15) is 58.1 Å². The Hall–Kier alpha value is -5.53. The second kappa shape index (κ2) is 14.8. The summed E-state index contributed by atoms with van der Waals surface area (Å²) in [5.74, 6) is -0.215. The minimum absolute atomic E-state index is 0.145. The number of carbonyl (C=O) groups excluding carboxylic acids is 4. The van der Waals surface area contributed by atoms with Crippen LogP contribution in [0.25, 0.3) is 0 Å². The Morgan fingerprint density at radius 3 is 2.33 bits per heavy atom. The van der Waals surface area contributed by atoms with Gasteiger partial charge in [-0.1, -0.05) is 42.5 Å². The molecule has 3 aliphatic heterocycles. The third-order valence-electron chi connectivity index (χ3n) is 10.1. The van der Waals surface area contributed by atoms with Gasteiger partial charge in [0, 0.05) is 68.3 Å². The number of nitrogens with one attached hydrogen (secondary N) is 3. The summed E-state index contributed by atoms with van der Waals surface area (Å²) < 4.78 is 5.54. The molecule has 51 heavy (non-hydrogen) atoms. The Labute approximate surface area is 296 Å². The number of aromatic nitrogens is 2. The number of methoxy groups -OCH3 is 1. The van der Waals surface area contributed by atoms with Crippen molar-refractivity contribution in [1.82, 2.24) is 25.3 Å². The lowest BCUT2D eigenvalue weighted by Gasteiger charge is -2.38. The van der Waals surface area contributed by atoms with Crippen molar-refractivity contribution >= 4 is 40.9 Å². The van der Waals surface area contributed by atoms with Crippen molar-refractivity contribution in [2.24, 2.45) is 0 Å². The average molecular weight is 691 g/mol. The number of H-pyrrole nitrogens is 1. The number of ether oxygens (including phenoxy) is 1. The average Bonchev–Trinajstić information content (AvgIpc) is 3.75. The SMILES string of the molecule is CO[C@@H](C(=O)N1Cc2[nH]nc(NC(=O)c3ccc(N4CCC(N(C)Cc5ccc(N6CCC(=O)NC6=O)cc5)CC4)cc3)c2C1)c1ccccc1. The van der Waals surface area contributed by atoms with Crippen LogP contribution in [0.15, 0.2) is 78.9 Å². The first-order chi connectivity index (χ1) is 24.8. The molecule has 4 aromatic rings. The predicted molar refractivity (Wildman–Crippen MR) is 192 cm³/mol. The number of benzene rings is 3. The van der Waals surface area contributed by atoms with Crippen LogP contribution in [0, 0.1) is 0 Å². The van der Waals surface area contributed by atoms with Gasteiger partial charge in [0.25, 0.3) is 11.8 Å². The Bertz CT molecular complexity index is 1890. The summed E-state index contributed by atoms with van der Waals surface area (Å²) in [7, 11) is 3.68. The van der Waals surface area contributed by atoms with Crippen LogP contribution < -0.4 is 20.4 Å². The van der Waals surface area contributed by atoms with E-state index in [2.05, 4.69) is 37.7 Å². The lowest BCUT2D eigenvalue weighted by molar-refractivity contribution is -0.143. The van der Waals surface area contributed by atoms with E-state index >= 15 is 0 Å². The third kappa shape index (κ3) is 7.35. The lowest BCUT2D eigenvalue weighted by atomic mass is 10.0. The molecule has 264 valence electrons. The number of hydrogen-bond donors (Lipinski definition) is 3. The highest BCUT2D eigenvalue weighted by atomic mass is 16.5. The number of imide groups is 1. The van der Waals surface area contributed by atoms with E-state index < -0.39 is 6.10 Å². The van der Waals surface area contributed by atoms with Crippen molar-refractivity contribution in [3.8, 4) is 0 Å². The van der Waals surface area contributed by atoms with Crippen molar-refractivity contribution < 1.29 is 23.9 Å². The molecule has 0 saturated carbocycles. The fourth-order valence-electron chi connectivity index (χ4n) is 7.15. The molecule has 3 N–H and O–H groups in total. The van der Waals surface area contributed by atoms with E-state index in [1.54, 1.807) is 9.80 Å². The van der Waals surface area contributed by atoms with E-state index in [9.17, 15) is 19.2 Å². The molecule has 1 aromatic heterocycles. The van der Waals surface area contributed by atoms with Crippen LogP contribution in [-0.2, 0) is 34.0 Å². The van der Waals surface area contributed by atoms with Crippen molar-refractivity contribution in [1.29, 1.82) is 0 Å². The topological polar surface area (TPSA) is 143 Å². The Balaban J connectivity index is 0.888. The highest BCUT2D eigenvalue weighted by Gasteiger charge is 2.33. The molecule has 2 fully saturated rings. The molecule has 7 rings (SSSR count). The molecule has 5 amide bonds. The number of nitrogens with zero attached hydrogens (tertiary/aromatic N) is 5. The lowest BCUT2D eigenvalue weighted by Crippen LogP contribution is -2.49. The fraction of sp³-hybridized carbons (Fsp3) is 0.342. The summed E-state index contributed by atoms with van der Waals surface area (Å²) in [4.78, 5) is 58.2. The Morgan fingerprint density at radius 2 is 1.65 bits per heavy atom. The van der Waals surface area contributed by atoms with Crippen molar-refractivity contribution in [2.45, 2.75) is 51.0 Å². The smallest absolute Gasteiger partial charge is 0.328 e.